The molecule has 0 aromatic carbocycles. The Morgan fingerprint density at radius 2 is 1.88 bits per heavy atom. The molecule has 0 spiro atoms. The zero-order valence-electron chi connectivity index (χ0n) is 16.2. The summed E-state index contributed by atoms with van der Waals surface area (Å²) in [5.74, 6) is 5.00. The van der Waals surface area contributed by atoms with E-state index in [2.05, 4.69) is 46.0 Å². The first-order valence-corrected chi connectivity index (χ1v) is 10.3. The molecule has 134 valence electrons. The molecule has 7 atom stereocenters. The molecule has 1 aliphatic heterocycles. The van der Waals surface area contributed by atoms with Crippen LogP contribution in [0.4, 0.5) is 0 Å². The third-order valence-electron chi connectivity index (χ3n) is 8.83. The van der Waals surface area contributed by atoms with Crippen molar-refractivity contribution in [1.82, 2.24) is 5.32 Å². The summed E-state index contributed by atoms with van der Waals surface area (Å²) >= 11 is 0. The minimum Gasteiger partial charge on any atom is -0.330 e. The fraction of sp³-hybridized carbons (Fsp3) is 0.864. The van der Waals surface area contributed by atoms with Gasteiger partial charge in [0, 0.05) is 17.5 Å². The van der Waals surface area contributed by atoms with Crippen LogP contribution in [-0.4, -0.2) is 5.91 Å². The van der Waals surface area contributed by atoms with E-state index >= 15 is 0 Å². The monoisotopic (exact) mass is 329 g/mol. The molecule has 1 amide bonds. The highest BCUT2D eigenvalue weighted by Gasteiger charge is 2.60. The molecule has 1 N–H and O–H groups in total. The van der Waals surface area contributed by atoms with E-state index in [9.17, 15) is 4.79 Å². The Morgan fingerprint density at radius 1 is 1.12 bits per heavy atom. The zero-order chi connectivity index (χ0) is 17.3. The van der Waals surface area contributed by atoms with Gasteiger partial charge in [-0.2, -0.15) is 0 Å². The van der Waals surface area contributed by atoms with Crippen LogP contribution in [0.15, 0.2) is 11.8 Å². The van der Waals surface area contributed by atoms with Crippen LogP contribution in [0.25, 0.3) is 0 Å². The first kappa shape index (κ1) is 16.7. The van der Waals surface area contributed by atoms with E-state index in [1.807, 2.05) is 0 Å². The maximum absolute atomic E-state index is 11.9. The van der Waals surface area contributed by atoms with Crippen LogP contribution in [0, 0.1) is 46.3 Å². The van der Waals surface area contributed by atoms with Gasteiger partial charge in [0.25, 0.3) is 0 Å². The zero-order valence-corrected chi connectivity index (χ0v) is 16.2. The van der Waals surface area contributed by atoms with Crippen molar-refractivity contribution in [1.29, 1.82) is 0 Å². The van der Waals surface area contributed by atoms with Gasteiger partial charge in [-0.15, -0.1) is 0 Å². The van der Waals surface area contributed by atoms with Gasteiger partial charge in [-0.1, -0.05) is 40.7 Å². The van der Waals surface area contributed by atoms with Crippen LogP contribution in [-0.2, 0) is 4.79 Å². The fourth-order valence-electron chi connectivity index (χ4n) is 7.66. The second-order valence-electron chi connectivity index (χ2n) is 10.2. The first-order chi connectivity index (χ1) is 11.3. The average Bonchev–Trinajstić information content (AvgIpc) is 2.86. The predicted octanol–water partition coefficient (Wildman–Crippen LogP) is 5.15. The number of amides is 1. The van der Waals surface area contributed by atoms with Crippen LogP contribution in [0.1, 0.15) is 73.1 Å². The van der Waals surface area contributed by atoms with E-state index in [1.54, 1.807) is 0 Å². The highest BCUT2D eigenvalue weighted by atomic mass is 16.1. The molecule has 1 heterocycles. The Hall–Kier alpha value is -0.790. The second-order valence-corrected chi connectivity index (χ2v) is 10.2. The quantitative estimate of drug-likeness (QED) is 0.708. The summed E-state index contributed by atoms with van der Waals surface area (Å²) in [4.78, 5) is 11.9. The number of hydrogen-bond donors (Lipinski definition) is 1. The molecule has 3 fully saturated rings. The summed E-state index contributed by atoms with van der Waals surface area (Å²) < 4.78 is 0. The van der Waals surface area contributed by atoms with Gasteiger partial charge in [-0.05, 0) is 73.0 Å². The molecular weight excluding hydrogens is 294 g/mol. The fourth-order valence-corrected chi connectivity index (χ4v) is 7.66. The number of allylic oxidation sites excluding steroid dienone is 2. The maximum atomic E-state index is 11.9. The van der Waals surface area contributed by atoms with Gasteiger partial charge in [-0.25, -0.2) is 0 Å². The third-order valence-corrected chi connectivity index (χ3v) is 8.83. The second kappa shape index (κ2) is 5.35. The molecule has 1 unspecified atom stereocenters. The van der Waals surface area contributed by atoms with Crippen molar-refractivity contribution in [3.63, 3.8) is 0 Å². The molecule has 0 radical (unpaired) electrons. The van der Waals surface area contributed by atoms with Crippen LogP contribution in [0.3, 0.4) is 0 Å². The van der Waals surface area contributed by atoms with Crippen LogP contribution in [0.5, 0.6) is 0 Å². The first-order valence-electron chi connectivity index (χ1n) is 10.3. The van der Waals surface area contributed by atoms with Gasteiger partial charge in [0.1, 0.15) is 0 Å². The normalized spacial score (nSPS) is 50.7. The Kier molecular flexibility index (Phi) is 3.72. The van der Waals surface area contributed by atoms with E-state index in [1.165, 1.54) is 31.4 Å². The molecule has 0 aromatic rings. The number of nitrogens with one attached hydrogen (secondary N) is 1. The maximum Gasteiger partial charge on any atom is 0.224 e. The largest absolute Gasteiger partial charge is 0.330 e. The lowest BCUT2D eigenvalue weighted by Gasteiger charge is -2.59. The predicted molar refractivity (Wildman–Crippen MR) is 98.1 cm³/mol. The van der Waals surface area contributed by atoms with E-state index < -0.39 is 0 Å². The molecule has 1 saturated heterocycles. The molecule has 0 bridgehead atoms. The Morgan fingerprint density at radius 3 is 2.58 bits per heavy atom. The van der Waals surface area contributed by atoms with Crippen molar-refractivity contribution in [3.05, 3.63) is 11.8 Å². The highest BCUT2D eigenvalue weighted by molar-refractivity contribution is 5.79. The van der Waals surface area contributed by atoms with Gasteiger partial charge in [0.15, 0.2) is 0 Å². The van der Waals surface area contributed by atoms with Crippen molar-refractivity contribution in [2.24, 2.45) is 46.3 Å². The van der Waals surface area contributed by atoms with E-state index in [0.29, 0.717) is 17.8 Å². The molecule has 0 aromatic heterocycles. The van der Waals surface area contributed by atoms with Crippen molar-refractivity contribution >= 4 is 5.91 Å². The van der Waals surface area contributed by atoms with E-state index in [-0.39, 0.29) is 11.3 Å². The van der Waals surface area contributed by atoms with Crippen molar-refractivity contribution in [3.8, 4) is 0 Å². The number of rotatable bonds is 1. The lowest BCUT2D eigenvalue weighted by atomic mass is 9.47. The van der Waals surface area contributed by atoms with Crippen LogP contribution in [0.2, 0.25) is 0 Å². The topological polar surface area (TPSA) is 29.1 Å². The molecule has 3 aliphatic carbocycles. The van der Waals surface area contributed by atoms with Crippen molar-refractivity contribution < 1.29 is 4.79 Å². The van der Waals surface area contributed by atoms with Gasteiger partial charge in [-0.3, -0.25) is 4.79 Å². The van der Waals surface area contributed by atoms with Crippen molar-refractivity contribution in [2.45, 2.75) is 73.1 Å². The molecule has 4 rings (SSSR count). The van der Waals surface area contributed by atoms with Crippen molar-refractivity contribution in [2.75, 3.05) is 0 Å². The SMILES string of the molecule is CC1C=C2NC(=O)CC[C@]2(C)[C@H]2CC[C@]3(C)[C@@H](C(C)C)CC[C@H]3[C@H]12. The highest BCUT2D eigenvalue weighted by Crippen LogP contribution is 2.67. The standard InChI is InChI=1S/C22H35NO/c1-13(2)15-6-7-16-20-14(3)12-18-22(5,11-9-19(24)23-18)17(20)8-10-21(15,16)4/h12-17,20H,6-11H2,1-5H3,(H,23,24)/t14?,15-,16+,17+,20+,21-,22-/m1/s1. The number of carbonyl (C=O) groups excluding carboxylic acids is 1. The summed E-state index contributed by atoms with van der Waals surface area (Å²) in [6, 6.07) is 0. The summed E-state index contributed by atoms with van der Waals surface area (Å²) in [7, 11) is 0. The number of piperidine rings is 1. The Balaban J connectivity index is 1.71. The van der Waals surface area contributed by atoms with Gasteiger partial charge in [0.05, 0.1) is 0 Å². The third kappa shape index (κ3) is 2.10. The average molecular weight is 330 g/mol. The van der Waals surface area contributed by atoms with Gasteiger partial charge in [0.2, 0.25) is 5.91 Å². The Labute approximate surface area is 147 Å². The molecule has 4 aliphatic rings. The van der Waals surface area contributed by atoms with E-state index in [0.717, 1.165) is 36.0 Å². The molecule has 2 saturated carbocycles. The number of hydrogen-bond acceptors (Lipinski definition) is 1. The molecule has 24 heavy (non-hydrogen) atoms. The number of carbonyl (C=O) groups is 1. The lowest BCUT2D eigenvalue weighted by Crippen LogP contribution is -2.55. The van der Waals surface area contributed by atoms with E-state index in [4.69, 9.17) is 0 Å². The molecular formula is C22H35NO. The minimum atomic E-state index is 0.211. The lowest BCUT2D eigenvalue weighted by molar-refractivity contribution is -0.126. The van der Waals surface area contributed by atoms with Crippen LogP contribution < -0.4 is 5.32 Å². The molecule has 2 heteroatoms. The molecule has 2 nitrogen and oxygen atoms in total. The van der Waals surface area contributed by atoms with Gasteiger partial charge >= 0.3 is 0 Å². The minimum absolute atomic E-state index is 0.211. The smallest absolute Gasteiger partial charge is 0.224 e. The van der Waals surface area contributed by atoms with Gasteiger partial charge < -0.3 is 5.32 Å². The summed E-state index contributed by atoms with van der Waals surface area (Å²) in [6.45, 7) is 12.3. The summed E-state index contributed by atoms with van der Waals surface area (Å²) in [5.41, 5.74) is 2.01. The summed E-state index contributed by atoms with van der Waals surface area (Å²) in [5, 5.41) is 3.24. The Bertz CT molecular complexity index is 579. The number of fused-ring (bicyclic) bond motifs is 5. The van der Waals surface area contributed by atoms with Crippen LogP contribution >= 0.6 is 0 Å². The summed E-state index contributed by atoms with van der Waals surface area (Å²) in [6.07, 6.45) is 9.81.